The Morgan fingerprint density at radius 2 is 2.21 bits per heavy atom. The van der Waals surface area contributed by atoms with Gasteiger partial charge in [-0.05, 0) is 37.6 Å². The van der Waals surface area contributed by atoms with Gasteiger partial charge in [-0.15, -0.1) is 0 Å². The number of benzene rings is 1. The average Bonchev–Trinajstić information content (AvgIpc) is 2.09. The van der Waals surface area contributed by atoms with Gasteiger partial charge in [-0.25, -0.2) is 9.18 Å². The molecule has 0 spiro atoms. The van der Waals surface area contributed by atoms with Gasteiger partial charge in [-0.1, -0.05) is 0 Å². The quantitative estimate of drug-likeness (QED) is 0.791. The van der Waals surface area contributed by atoms with Crippen molar-refractivity contribution in [3.8, 4) is 0 Å². The molecule has 76 valence electrons. The molecule has 3 nitrogen and oxygen atoms in total. The van der Waals surface area contributed by atoms with Crippen LogP contribution in [-0.4, -0.2) is 17.7 Å². The van der Waals surface area contributed by atoms with Gasteiger partial charge >= 0.3 is 6.09 Å². The van der Waals surface area contributed by atoms with Crippen LogP contribution in [0.3, 0.4) is 0 Å². The van der Waals surface area contributed by atoms with Crippen LogP contribution in [0.4, 0.5) is 14.9 Å². The summed E-state index contributed by atoms with van der Waals surface area (Å²) in [6.07, 6.45) is -1.03. The molecular weight excluding hydrogens is 185 g/mol. The number of aryl methyl sites for hydroxylation is 1. The van der Waals surface area contributed by atoms with Crippen molar-refractivity contribution in [1.29, 1.82) is 0 Å². The SMILES string of the molecule is CCN(C(=O)O)c1ccc(F)cc1C. The van der Waals surface area contributed by atoms with Gasteiger partial charge in [0, 0.05) is 6.54 Å². The van der Waals surface area contributed by atoms with Gasteiger partial charge < -0.3 is 5.11 Å². The summed E-state index contributed by atoms with van der Waals surface area (Å²) in [5.41, 5.74) is 1.15. The highest BCUT2D eigenvalue weighted by Gasteiger charge is 2.13. The standard InChI is InChI=1S/C10H12FNO2/c1-3-12(10(13)14)9-5-4-8(11)6-7(9)2/h4-6H,3H2,1-2H3,(H,13,14). The van der Waals surface area contributed by atoms with Crippen LogP contribution in [0.25, 0.3) is 0 Å². The molecule has 1 rings (SSSR count). The molecule has 1 N–H and O–H groups in total. The van der Waals surface area contributed by atoms with Crippen LogP contribution in [0.2, 0.25) is 0 Å². The fourth-order valence-corrected chi connectivity index (χ4v) is 1.33. The van der Waals surface area contributed by atoms with Gasteiger partial charge in [0.05, 0.1) is 5.69 Å². The Bertz CT molecular complexity index is 352. The minimum Gasteiger partial charge on any atom is -0.465 e. The molecule has 4 heteroatoms. The number of carboxylic acid groups (broad SMARTS) is 1. The van der Waals surface area contributed by atoms with Gasteiger partial charge in [-0.2, -0.15) is 0 Å². The number of amides is 1. The molecule has 0 atom stereocenters. The molecule has 1 amide bonds. The fourth-order valence-electron chi connectivity index (χ4n) is 1.33. The first-order chi connectivity index (χ1) is 6.56. The first-order valence-electron chi connectivity index (χ1n) is 4.33. The van der Waals surface area contributed by atoms with E-state index >= 15 is 0 Å². The number of nitrogens with zero attached hydrogens (tertiary/aromatic N) is 1. The first kappa shape index (κ1) is 10.5. The summed E-state index contributed by atoms with van der Waals surface area (Å²) in [6.45, 7) is 3.77. The van der Waals surface area contributed by atoms with Crippen LogP contribution < -0.4 is 4.90 Å². The normalized spacial score (nSPS) is 9.93. The maximum Gasteiger partial charge on any atom is 0.411 e. The van der Waals surface area contributed by atoms with E-state index in [9.17, 15) is 9.18 Å². The number of hydrogen-bond donors (Lipinski definition) is 1. The highest BCUT2D eigenvalue weighted by atomic mass is 19.1. The van der Waals surface area contributed by atoms with E-state index in [2.05, 4.69) is 0 Å². The maximum absolute atomic E-state index is 12.8. The molecule has 0 saturated carbocycles. The van der Waals surface area contributed by atoms with Gasteiger partial charge in [-0.3, -0.25) is 4.90 Å². The third-order valence-electron chi connectivity index (χ3n) is 2.00. The molecule has 14 heavy (non-hydrogen) atoms. The summed E-state index contributed by atoms with van der Waals surface area (Å²) >= 11 is 0. The van der Waals surface area contributed by atoms with E-state index in [0.717, 1.165) is 0 Å². The highest BCUT2D eigenvalue weighted by Crippen LogP contribution is 2.20. The third kappa shape index (κ3) is 2.02. The number of hydrogen-bond acceptors (Lipinski definition) is 1. The lowest BCUT2D eigenvalue weighted by Gasteiger charge is -2.19. The predicted octanol–water partition coefficient (Wildman–Crippen LogP) is 2.64. The predicted molar refractivity (Wildman–Crippen MR) is 52.2 cm³/mol. The molecule has 1 aromatic rings. The largest absolute Gasteiger partial charge is 0.465 e. The van der Waals surface area contributed by atoms with Crippen molar-refractivity contribution in [3.05, 3.63) is 29.6 Å². The summed E-state index contributed by atoms with van der Waals surface area (Å²) in [4.78, 5) is 12.0. The molecule has 0 aromatic heterocycles. The molecule has 0 heterocycles. The van der Waals surface area contributed by atoms with Crippen molar-refractivity contribution >= 4 is 11.8 Å². The number of rotatable bonds is 2. The second kappa shape index (κ2) is 4.09. The molecular formula is C10H12FNO2. The second-order valence-corrected chi connectivity index (χ2v) is 2.96. The molecule has 0 bridgehead atoms. The highest BCUT2D eigenvalue weighted by molar-refractivity contribution is 5.86. The third-order valence-corrected chi connectivity index (χ3v) is 2.00. The van der Waals surface area contributed by atoms with Crippen molar-refractivity contribution in [2.24, 2.45) is 0 Å². The smallest absolute Gasteiger partial charge is 0.411 e. The summed E-state index contributed by atoms with van der Waals surface area (Å²) in [7, 11) is 0. The summed E-state index contributed by atoms with van der Waals surface area (Å²) in [5.74, 6) is -0.354. The van der Waals surface area contributed by atoms with E-state index in [1.807, 2.05) is 0 Å². The number of halogens is 1. The molecule has 0 unspecified atom stereocenters. The molecule has 0 aliphatic heterocycles. The van der Waals surface area contributed by atoms with Crippen molar-refractivity contribution in [2.45, 2.75) is 13.8 Å². The topological polar surface area (TPSA) is 40.5 Å². The zero-order valence-electron chi connectivity index (χ0n) is 8.12. The summed E-state index contributed by atoms with van der Waals surface area (Å²) < 4.78 is 12.8. The Balaban J connectivity index is 3.10. The van der Waals surface area contributed by atoms with Crippen LogP contribution in [0.15, 0.2) is 18.2 Å². The summed E-state index contributed by atoms with van der Waals surface area (Å²) in [6, 6.07) is 4.05. The van der Waals surface area contributed by atoms with E-state index in [0.29, 0.717) is 17.8 Å². The minimum absolute atomic E-state index is 0.349. The minimum atomic E-state index is -1.03. The van der Waals surface area contributed by atoms with E-state index in [1.165, 1.54) is 23.1 Å². The van der Waals surface area contributed by atoms with Crippen molar-refractivity contribution in [1.82, 2.24) is 0 Å². The number of carbonyl (C=O) groups is 1. The fraction of sp³-hybridized carbons (Fsp3) is 0.300. The Hall–Kier alpha value is -1.58. The van der Waals surface area contributed by atoms with E-state index < -0.39 is 6.09 Å². The van der Waals surface area contributed by atoms with Crippen LogP contribution in [-0.2, 0) is 0 Å². The van der Waals surface area contributed by atoms with Crippen molar-refractivity contribution in [2.75, 3.05) is 11.4 Å². The zero-order valence-corrected chi connectivity index (χ0v) is 8.12. The molecule has 0 saturated heterocycles. The molecule has 0 aliphatic rings. The van der Waals surface area contributed by atoms with Gasteiger partial charge in [0.25, 0.3) is 0 Å². The lowest BCUT2D eigenvalue weighted by molar-refractivity contribution is 0.202. The summed E-state index contributed by atoms with van der Waals surface area (Å²) in [5, 5.41) is 8.85. The van der Waals surface area contributed by atoms with Crippen molar-refractivity contribution in [3.63, 3.8) is 0 Å². The Labute approximate surface area is 81.8 Å². The average molecular weight is 197 g/mol. The Morgan fingerprint density at radius 3 is 2.64 bits per heavy atom. The lowest BCUT2D eigenvalue weighted by atomic mass is 10.2. The van der Waals surface area contributed by atoms with Crippen molar-refractivity contribution < 1.29 is 14.3 Å². The van der Waals surface area contributed by atoms with Gasteiger partial charge in [0.15, 0.2) is 0 Å². The second-order valence-electron chi connectivity index (χ2n) is 2.96. The van der Waals surface area contributed by atoms with Gasteiger partial charge in [0.2, 0.25) is 0 Å². The van der Waals surface area contributed by atoms with Gasteiger partial charge in [0.1, 0.15) is 5.82 Å². The van der Waals surface area contributed by atoms with E-state index in [1.54, 1.807) is 13.8 Å². The van der Waals surface area contributed by atoms with E-state index in [4.69, 9.17) is 5.11 Å². The Kier molecular flexibility index (Phi) is 3.06. The van der Waals surface area contributed by atoms with Crippen LogP contribution >= 0.6 is 0 Å². The molecule has 0 fully saturated rings. The monoisotopic (exact) mass is 197 g/mol. The van der Waals surface area contributed by atoms with E-state index in [-0.39, 0.29) is 5.82 Å². The maximum atomic E-state index is 12.8. The zero-order chi connectivity index (χ0) is 10.7. The lowest BCUT2D eigenvalue weighted by Crippen LogP contribution is -2.29. The first-order valence-corrected chi connectivity index (χ1v) is 4.33. The number of anilines is 1. The van der Waals surface area contributed by atoms with Crippen LogP contribution in [0.5, 0.6) is 0 Å². The van der Waals surface area contributed by atoms with Crippen LogP contribution in [0, 0.1) is 12.7 Å². The van der Waals surface area contributed by atoms with Crippen LogP contribution in [0.1, 0.15) is 12.5 Å². The molecule has 0 radical (unpaired) electrons. The molecule has 1 aromatic carbocycles. The molecule has 0 aliphatic carbocycles. The Morgan fingerprint density at radius 1 is 1.57 bits per heavy atom.